The number of rotatable bonds is 5. The van der Waals surface area contributed by atoms with Crippen molar-refractivity contribution in [2.24, 2.45) is 0 Å². The van der Waals surface area contributed by atoms with Crippen LogP contribution in [0.5, 0.6) is 28.7 Å². The maximum atomic E-state index is 10.3. The Labute approximate surface area is 193 Å². The molecule has 0 aliphatic carbocycles. The van der Waals surface area contributed by atoms with Gasteiger partial charge in [-0.05, 0) is 86.8 Å². The molecule has 168 valence electrons. The molecule has 4 rings (SSSR count). The number of benzene rings is 4. The van der Waals surface area contributed by atoms with E-state index in [9.17, 15) is 15.3 Å². The summed E-state index contributed by atoms with van der Waals surface area (Å²) < 4.78 is 6.00. The molecule has 0 fully saturated rings. The molecule has 0 bridgehead atoms. The number of anilines is 3. The summed E-state index contributed by atoms with van der Waals surface area (Å²) in [4.78, 5) is 1.95. The van der Waals surface area contributed by atoms with Gasteiger partial charge in [-0.25, -0.2) is 0 Å². The van der Waals surface area contributed by atoms with Gasteiger partial charge in [-0.2, -0.15) is 0 Å². The number of phenolic OH excluding ortho intramolecular Hbond substituents is 3. The number of hydrogen-bond donors (Lipinski definition) is 3. The lowest BCUT2D eigenvalue weighted by Crippen LogP contribution is -2.10. The molecule has 0 aliphatic rings. The van der Waals surface area contributed by atoms with Crippen LogP contribution in [0, 0.1) is 27.7 Å². The van der Waals surface area contributed by atoms with Crippen molar-refractivity contribution in [1.29, 1.82) is 0 Å². The Balaban J connectivity index is 1.72. The predicted octanol–water partition coefficient (Wildman–Crippen LogP) is 7.30. The van der Waals surface area contributed by atoms with Gasteiger partial charge in [-0.15, -0.1) is 0 Å². The van der Waals surface area contributed by atoms with Gasteiger partial charge in [0.25, 0.3) is 0 Å². The second-order valence-electron chi connectivity index (χ2n) is 8.23. The predicted molar refractivity (Wildman–Crippen MR) is 132 cm³/mol. The third kappa shape index (κ3) is 4.44. The van der Waals surface area contributed by atoms with Crippen LogP contribution in [0.25, 0.3) is 0 Å². The third-order valence-corrected chi connectivity index (χ3v) is 5.81. The van der Waals surface area contributed by atoms with E-state index in [4.69, 9.17) is 4.74 Å². The van der Waals surface area contributed by atoms with Crippen molar-refractivity contribution in [3.63, 3.8) is 0 Å². The Bertz CT molecular complexity index is 1260. The zero-order valence-electron chi connectivity index (χ0n) is 19.1. The van der Waals surface area contributed by atoms with Crippen LogP contribution in [0.2, 0.25) is 0 Å². The van der Waals surface area contributed by atoms with Crippen LogP contribution in [-0.2, 0) is 0 Å². The van der Waals surface area contributed by atoms with Crippen LogP contribution >= 0.6 is 0 Å². The van der Waals surface area contributed by atoms with Gasteiger partial charge in [0.2, 0.25) is 0 Å². The Morgan fingerprint density at radius 1 is 0.576 bits per heavy atom. The zero-order valence-corrected chi connectivity index (χ0v) is 19.1. The van der Waals surface area contributed by atoms with E-state index in [1.807, 2.05) is 93.3 Å². The van der Waals surface area contributed by atoms with E-state index in [1.54, 1.807) is 12.1 Å². The van der Waals surface area contributed by atoms with Crippen LogP contribution in [-0.4, -0.2) is 15.3 Å². The minimum Gasteiger partial charge on any atom is -0.508 e. The molecule has 0 spiro atoms. The SMILES string of the molecule is Cc1ccc(N(c2ccc(Oc3ccc(C)c(O)c3C)cc2)c2ccc(C)c(O)c2)cc1O. The minimum atomic E-state index is 0.198. The van der Waals surface area contributed by atoms with Crippen molar-refractivity contribution in [2.45, 2.75) is 27.7 Å². The molecule has 0 aliphatic heterocycles. The molecule has 0 saturated heterocycles. The highest BCUT2D eigenvalue weighted by molar-refractivity contribution is 5.78. The van der Waals surface area contributed by atoms with E-state index in [1.165, 1.54) is 0 Å². The second-order valence-corrected chi connectivity index (χ2v) is 8.23. The highest BCUT2D eigenvalue weighted by atomic mass is 16.5. The summed E-state index contributed by atoms with van der Waals surface area (Å²) in [6.45, 7) is 7.36. The second kappa shape index (κ2) is 8.79. The van der Waals surface area contributed by atoms with Gasteiger partial charge in [0.15, 0.2) is 0 Å². The largest absolute Gasteiger partial charge is 0.508 e. The van der Waals surface area contributed by atoms with Gasteiger partial charge in [0, 0.05) is 34.8 Å². The standard InChI is InChI=1S/C28H27NO4/c1-17-5-8-22(15-25(17)30)29(23-9-6-18(2)26(31)16-23)21-10-12-24(13-11-21)33-27-14-7-19(3)28(32)20(27)4/h5-16,30-32H,1-4H3. The van der Waals surface area contributed by atoms with Crippen molar-refractivity contribution in [1.82, 2.24) is 0 Å². The van der Waals surface area contributed by atoms with E-state index in [0.29, 0.717) is 17.1 Å². The highest BCUT2D eigenvalue weighted by Crippen LogP contribution is 2.40. The van der Waals surface area contributed by atoms with Gasteiger partial charge >= 0.3 is 0 Å². The molecular formula is C28H27NO4. The maximum Gasteiger partial charge on any atom is 0.134 e. The maximum absolute atomic E-state index is 10.3. The summed E-state index contributed by atoms with van der Waals surface area (Å²) in [6, 6.07) is 22.1. The van der Waals surface area contributed by atoms with Crippen LogP contribution < -0.4 is 9.64 Å². The summed E-state index contributed by atoms with van der Waals surface area (Å²) >= 11 is 0. The first-order chi connectivity index (χ1) is 15.7. The third-order valence-electron chi connectivity index (χ3n) is 5.81. The Morgan fingerprint density at radius 3 is 1.58 bits per heavy atom. The van der Waals surface area contributed by atoms with Crippen molar-refractivity contribution < 1.29 is 20.1 Å². The summed E-state index contributed by atoms with van der Waals surface area (Å²) in [6.07, 6.45) is 0. The van der Waals surface area contributed by atoms with Crippen LogP contribution in [0.4, 0.5) is 17.1 Å². The molecule has 0 atom stereocenters. The monoisotopic (exact) mass is 441 g/mol. The quantitative estimate of drug-likeness (QED) is 0.303. The van der Waals surface area contributed by atoms with E-state index in [0.717, 1.165) is 33.8 Å². The van der Waals surface area contributed by atoms with E-state index < -0.39 is 0 Å². The van der Waals surface area contributed by atoms with E-state index in [2.05, 4.69) is 0 Å². The molecule has 33 heavy (non-hydrogen) atoms. The number of phenols is 3. The molecule has 4 aromatic carbocycles. The average Bonchev–Trinajstić information content (AvgIpc) is 2.80. The van der Waals surface area contributed by atoms with Gasteiger partial charge in [0.05, 0.1) is 0 Å². The molecule has 0 saturated carbocycles. The van der Waals surface area contributed by atoms with Gasteiger partial charge in [-0.1, -0.05) is 18.2 Å². The number of nitrogens with zero attached hydrogens (tertiary/aromatic N) is 1. The molecule has 5 heteroatoms. The molecule has 0 amide bonds. The molecule has 0 heterocycles. The van der Waals surface area contributed by atoms with Crippen molar-refractivity contribution >= 4 is 17.1 Å². The fraction of sp³-hybridized carbons (Fsp3) is 0.143. The van der Waals surface area contributed by atoms with Gasteiger partial charge in [0.1, 0.15) is 28.7 Å². The fourth-order valence-corrected chi connectivity index (χ4v) is 3.64. The summed E-state index contributed by atoms with van der Waals surface area (Å²) in [7, 11) is 0. The Kier molecular flexibility index (Phi) is 5.88. The lowest BCUT2D eigenvalue weighted by atomic mass is 10.1. The van der Waals surface area contributed by atoms with E-state index >= 15 is 0 Å². The highest BCUT2D eigenvalue weighted by Gasteiger charge is 2.16. The Morgan fingerprint density at radius 2 is 1.06 bits per heavy atom. The molecular weight excluding hydrogens is 414 g/mol. The topological polar surface area (TPSA) is 73.2 Å². The lowest BCUT2D eigenvalue weighted by Gasteiger charge is -2.26. The minimum absolute atomic E-state index is 0.198. The molecule has 3 N–H and O–H groups in total. The molecule has 0 aromatic heterocycles. The molecule has 5 nitrogen and oxygen atoms in total. The lowest BCUT2D eigenvalue weighted by molar-refractivity contribution is 0.445. The van der Waals surface area contributed by atoms with Crippen LogP contribution in [0.1, 0.15) is 22.3 Å². The summed E-state index contributed by atoms with van der Waals surface area (Å²) in [5.41, 5.74) is 5.40. The van der Waals surface area contributed by atoms with Crippen LogP contribution in [0.15, 0.2) is 72.8 Å². The summed E-state index contributed by atoms with van der Waals surface area (Å²) in [5, 5.41) is 30.8. The van der Waals surface area contributed by atoms with Crippen molar-refractivity contribution in [3.05, 3.63) is 95.1 Å². The molecule has 4 aromatic rings. The average molecular weight is 442 g/mol. The van der Waals surface area contributed by atoms with E-state index in [-0.39, 0.29) is 17.2 Å². The number of aryl methyl sites for hydroxylation is 3. The van der Waals surface area contributed by atoms with Gasteiger partial charge < -0.3 is 25.0 Å². The molecule has 0 radical (unpaired) electrons. The fourth-order valence-electron chi connectivity index (χ4n) is 3.64. The normalized spacial score (nSPS) is 10.8. The smallest absolute Gasteiger partial charge is 0.134 e. The van der Waals surface area contributed by atoms with Crippen molar-refractivity contribution in [3.8, 4) is 28.7 Å². The molecule has 0 unspecified atom stereocenters. The van der Waals surface area contributed by atoms with Gasteiger partial charge in [-0.3, -0.25) is 0 Å². The first-order valence-electron chi connectivity index (χ1n) is 10.7. The first-order valence-corrected chi connectivity index (χ1v) is 10.7. The zero-order chi connectivity index (χ0) is 23.7. The van der Waals surface area contributed by atoms with Crippen molar-refractivity contribution in [2.75, 3.05) is 4.90 Å². The first kappa shape index (κ1) is 22.1. The van der Waals surface area contributed by atoms with Crippen LogP contribution in [0.3, 0.4) is 0 Å². The number of hydrogen-bond acceptors (Lipinski definition) is 5. The number of aromatic hydroxyl groups is 3. The Hall–Kier alpha value is -4.12. The number of ether oxygens (including phenoxy) is 1. The summed E-state index contributed by atoms with van der Waals surface area (Å²) in [5.74, 6) is 1.85.